The highest BCUT2D eigenvalue weighted by Gasteiger charge is 1.93. The molecule has 1 rings (SSSR count). The molecule has 0 saturated heterocycles. The fourth-order valence-electron chi connectivity index (χ4n) is 0.846. The van der Waals surface area contributed by atoms with E-state index in [1.807, 2.05) is 17.8 Å². The fraction of sp³-hybridized carbons (Fsp3) is 0.200. The molecule has 2 heteroatoms. The van der Waals surface area contributed by atoms with Gasteiger partial charge in [0.1, 0.15) is 0 Å². The zero-order valence-electron chi connectivity index (χ0n) is 7.12. The first-order valence-corrected chi connectivity index (χ1v) is 5.95. The molecule has 12 heavy (non-hydrogen) atoms. The van der Waals surface area contributed by atoms with Crippen LogP contribution in [0.25, 0.3) is 0 Å². The third-order valence-corrected chi connectivity index (χ3v) is 3.12. The van der Waals surface area contributed by atoms with E-state index >= 15 is 0 Å². The standard InChI is InChI=1S/C10H12S2/c1-3-7-12-10-6-4-5-9(8-10)11-2/h3-6,8H,1,7H2,2H3. The van der Waals surface area contributed by atoms with E-state index in [9.17, 15) is 0 Å². The molecule has 0 spiro atoms. The second kappa shape index (κ2) is 5.33. The van der Waals surface area contributed by atoms with Crippen molar-refractivity contribution in [3.05, 3.63) is 36.9 Å². The normalized spacial score (nSPS) is 9.75. The lowest BCUT2D eigenvalue weighted by Crippen LogP contribution is -1.74. The molecule has 0 aliphatic rings. The van der Waals surface area contributed by atoms with Crippen molar-refractivity contribution in [3.8, 4) is 0 Å². The van der Waals surface area contributed by atoms with Gasteiger partial charge in [0, 0.05) is 15.5 Å². The molecule has 1 aromatic carbocycles. The summed E-state index contributed by atoms with van der Waals surface area (Å²) in [5, 5.41) is 0. The Morgan fingerprint density at radius 1 is 1.42 bits per heavy atom. The molecule has 1 aromatic rings. The van der Waals surface area contributed by atoms with E-state index in [4.69, 9.17) is 0 Å². The van der Waals surface area contributed by atoms with Crippen LogP contribution < -0.4 is 0 Å². The average Bonchev–Trinajstić information content (AvgIpc) is 2.15. The monoisotopic (exact) mass is 196 g/mol. The van der Waals surface area contributed by atoms with Crippen molar-refractivity contribution in [2.75, 3.05) is 12.0 Å². The predicted molar refractivity (Wildman–Crippen MR) is 59.1 cm³/mol. The number of rotatable bonds is 4. The smallest absolute Gasteiger partial charge is 0.0158 e. The van der Waals surface area contributed by atoms with Gasteiger partial charge in [-0.3, -0.25) is 0 Å². The van der Waals surface area contributed by atoms with E-state index < -0.39 is 0 Å². The third kappa shape index (κ3) is 2.95. The molecule has 0 nitrogen and oxygen atoms in total. The first-order chi connectivity index (χ1) is 5.86. The Hall–Kier alpha value is -0.340. The molecule has 0 amide bonds. The van der Waals surface area contributed by atoms with E-state index in [1.54, 1.807) is 11.8 Å². The second-order valence-electron chi connectivity index (χ2n) is 2.28. The summed E-state index contributed by atoms with van der Waals surface area (Å²) in [6, 6.07) is 8.56. The van der Waals surface area contributed by atoms with Crippen LogP contribution in [-0.4, -0.2) is 12.0 Å². The highest BCUT2D eigenvalue weighted by atomic mass is 32.2. The zero-order valence-corrected chi connectivity index (χ0v) is 8.75. The largest absolute Gasteiger partial charge is 0.130 e. The lowest BCUT2D eigenvalue weighted by Gasteiger charge is -2.00. The molecule has 0 radical (unpaired) electrons. The third-order valence-electron chi connectivity index (χ3n) is 1.41. The molecule has 0 aliphatic heterocycles. The maximum Gasteiger partial charge on any atom is 0.0158 e. The Morgan fingerprint density at radius 3 is 2.83 bits per heavy atom. The van der Waals surface area contributed by atoms with E-state index in [-0.39, 0.29) is 0 Å². The van der Waals surface area contributed by atoms with Gasteiger partial charge in [0.25, 0.3) is 0 Å². The number of benzene rings is 1. The second-order valence-corrected chi connectivity index (χ2v) is 4.25. The Balaban J connectivity index is 2.65. The molecular weight excluding hydrogens is 184 g/mol. The summed E-state index contributed by atoms with van der Waals surface area (Å²) in [5.74, 6) is 0.984. The van der Waals surface area contributed by atoms with Gasteiger partial charge in [-0.05, 0) is 24.5 Å². The van der Waals surface area contributed by atoms with Gasteiger partial charge in [-0.1, -0.05) is 12.1 Å². The maximum absolute atomic E-state index is 3.69. The summed E-state index contributed by atoms with van der Waals surface area (Å²) < 4.78 is 0. The van der Waals surface area contributed by atoms with Crippen LogP contribution in [-0.2, 0) is 0 Å². The zero-order chi connectivity index (χ0) is 8.81. The lowest BCUT2D eigenvalue weighted by molar-refractivity contribution is 1.33. The van der Waals surface area contributed by atoms with Crippen molar-refractivity contribution in [1.82, 2.24) is 0 Å². The van der Waals surface area contributed by atoms with Gasteiger partial charge in [-0.25, -0.2) is 0 Å². The molecule has 0 aromatic heterocycles. The van der Waals surface area contributed by atoms with Crippen molar-refractivity contribution in [2.45, 2.75) is 9.79 Å². The van der Waals surface area contributed by atoms with Crippen LogP contribution in [0.4, 0.5) is 0 Å². The fourth-order valence-corrected chi connectivity index (χ4v) is 2.08. The number of thioether (sulfide) groups is 2. The van der Waals surface area contributed by atoms with E-state index in [0.29, 0.717) is 0 Å². The average molecular weight is 196 g/mol. The van der Waals surface area contributed by atoms with Crippen molar-refractivity contribution in [1.29, 1.82) is 0 Å². The van der Waals surface area contributed by atoms with Crippen molar-refractivity contribution in [3.63, 3.8) is 0 Å². The molecule has 0 bridgehead atoms. The topological polar surface area (TPSA) is 0 Å². The van der Waals surface area contributed by atoms with Gasteiger partial charge in [0.05, 0.1) is 0 Å². The minimum atomic E-state index is 0.984. The minimum Gasteiger partial charge on any atom is -0.130 e. The molecule has 64 valence electrons. The van der Waals surface area contributed by atoms with E-state index in [0.717, 1.165) is 5.75 Å². The summed E-state index contributed by atoms with van der Waals surface area (Å²) in [5.41, 5.74) is 0. The molecule has 0 saturated carbocycles. The Bertz CT molecular complexity index is 256. The molecular formula is C10H12S2. The first-order valence-electron chi connectivity index (χ1n) is 3.74. The van der Waals surface area contributed by atoms with Gasteiger partial charge in [0.2, 0.25) is 0 Å². The van der Waals surface area contributed by atoms with Gasteiger partial charge >= 0.3 is 0 Å². The molecule has 0 atom stereocenters. The Kier molecular flexibility index (Phi) is 4.33. The highest BCUT2D eigenvalue weighted by Crippen LogP contribution is 2.23. The minimum absolute atomic E-state index is 0.984. The first kappa shape index (κ1) is 9.75. The summed E-state index contributed by atoms with van der Waals surface area (Å²) in [6.45, 7) is 3.69. The van der Waals surface area contributed by atoms with Crippen LogP contribution in [0.3, 0.4) is 0 Å². The SMILES string of the molecule is C=CCSc1cccc(SC)c1. The van der Waals surface area contributed by atoms with Crippen molar-refractivity contribution >= 4 is 23.5 Å². The van der Waals surface area contributed by atoms with Crippen molar-refractivity contribution < 1.29 is 0 Å². The van der Waals surface area contributed by atoms with E-state index in [1.165, 1.54) is 9.79 Å². The number of hydrogen-bond acceptors (Lipinski definition) is 2. The predicted octanol–water partition coefficient (Wildman–Crippen LogP) is 3.69. The van der Waals surface area contributed by atoms with Gasteiger partial charge < -0.3 is 0 Å². The van der Waals surface area contributed by atoms with E-state index in [2.05, 4.69) is 37.1 Å². The Labute approximate surface area is 82.4 Å². The van der Waals surface area contributed by atoms with Gasteiger partial charge in [-0.2, -0.15) is 0 Å². The van der Waals surface area contributed by atoms with Crippen LogP contribution in [0.15, 0.2) is 46.7 Å². The molecule has 0 N–H and O–H groups in total. The molecule has 0 aliphatic carbocycles. The molecule has 0 heterocycles. The summed E-state index contributed by atoms with van der Waals surface area (Å²) in [7, 11) is 0. The maximum atomic E-state index is 3.69. The van der Waals surface area contributed by atoms with Crippen molar-refractivity contribution in [2.24, 2.45) is 0 Å². The molecule has 0 fully saturated rings. The Morgan fingerprint density at radius 2 is 2.17 bits per heavy atom. The lowest BCUT2D eigenvalue weighted by atomic mass is 10.4. The van der Waals surface area contributed by atoms with Crippen LogP contribution in [0.5, 0.6) is 0 Å². The molecule has 0 unspecified atom stereocenters. The van der Waals surface area contributed by atoms with Crippen LogP contribution in [0.2, 0.25) is 0 Å². The number of hydrogen-bond donors (Lipinski definition) is 0. The van der Waals surface area contributed by atoms with Crippen LogP contribution in [0, 0.1) is 0 Å². The summed E-state index contributed by atoms with van der Waals surface area (Å²) in [6.07, 6.45) is 4.02. The van der Waals surface area contributed by atoms with Crippen LogP contribution in [0.1, 0.15) is 0 Å². The summed E-state index contributed by atoms with van der Waals surface area (Å²) in [4.78, 5) is 2.64. The van der Waals surface area contributed by atoms with Crippen LogP contribution >= 0.6 is 23.5 Å². The van der Waals surface area contributed by atoms with Gasteiger partial charge in [0.15, 0.2) is 0 Å². The quantitative estimate of drug-likeness (QED) is 0.532. The van der Waals surface area contributed by atoms with Gasteiger partial charge in [-0.15, -0.1) is 30.1 Å². The summed E-state index contributed by atoms with van der Waals surface area (Å²) >= 11 is 3.60. The highest BCUT2D eigenvalue weighted by molar-refractivity contribution is 7.99.